The molecule has 0 saturated carbocycles. The molecule has 0 aliphatic carbocycles. The predicted octanol–water partition coefficient (Wildman–Crippen LogP) is 5.39. The van der Waals surface area contributed by atoms with Gasteiger partial charge >= 0.3 is 5.97 Å². The zero-order valence-electron chi connectivity index (χ0n) is 18.2. The number of aliphatic carboxylic acids is 1. The fraction of sp³-hybridized carbons (Fsp3) is 0.417. The first-order chi connectivity index (χ1) is 14.7. The van der Waals surface area contributed by atoms with Crippen molar-refractivity contribution >= 4 is 17.4 Å². The lowest BCUT2D eigenvalue weighted by Gasteiger charge is -2.24. The number of nitrogens with zero attached hydrogens (tertiary/aromatic N) is 2. The molecule has 2 aromatic carbocycles. The lowest BCUT2D eigenvalue weighted by Crippen LogP contribution is -2.32. The number of ether oxygens (including phenoxy) is 1. The Labute approximate surface area is 181 Å². The first-order valence-corrected chi connectivity index (χ1v) is 10.4. The van der Waals surface area contributed by atoms with E-state index in [-0.39, 0.29) is 24.6 Å². The van der Waals surface area contributed by atoms with E-state index in [4.69, 9.17) is 9.84 Å². The van der Waals surface area contributed by atoms with Gasteiger partial charge in [-0.1, -0.05) is 32.9 Å². The molecule has 2 atom stereocenters. The van der Waals surface area contributed by atoms with Crippen LogP contribution in [0.2, 0.25) is 0 Å². The summed E-state index contributed by atoms with van der Waals surface area (Å²) in [7, 11) is 0. The quantitative estimate of drug-likeness (QED) is 0.610. The third-order valence-electron chi connectivity index (χ3n) is 5.42. The van der Waals surface area contributed by atoms with Gasteiger partial charge in [-0.05, 0) is 54.7 Å². The number of carbonyl (C=O) groups is 1. The van der Waals surface area contributed by atoms with Gasteiger partial charge in [0, 0.05) is 12.1 Å². The van der Waals surface area contributed by atoms with E-state index >= 15 is 0 Å². The maximum absolute atomic E-state index is 14.5. The van der Waals surface area contributed by atoms with Crippen molar-refractivity contribution in [3.8, 4) is 5.75 Å². The van der Waals surface area contributed by atoms with Gasteiger partial charge in [0.25, 0.3) is 0 Å². The number of hydrazone groups is 1. The molecule has 0 amide bonds. The second-order valence-electron chi connectivity index (χ2n) is 8.43. The molecule has 166 valence electrons. The molecule has 7 heteroatoms. The van der Waals surface area contributed by atoms with Gasteiger partial charge in [0.15, 0.2) is 17.4 Å². The zero-order chi connectivity index (χ0) is 22.7. The lowest BCUT2D eigenvalue weighted by atomic mass is 10.0. The van der Waals surface area contributed by atoms with Crippen molar-refractivity contribution in [2.75, 3.05) is 11.6 Å². The van der Waals surface area contributed by atoms with Gasteiger partial charge in [0.2, 0.25) is 0 Å². The highest BCUT2D eigenvalue weighted by molar-refractivity contribution is 5.86. The molecule has 0 spiro atoms. The minimum atomic E-state index is -1.01. The molecule has 1 N–H and O–H groups in total. The van der Waals surface area contributed by atoms with Crippen molar-refractivity contribution < 1.29 is 23.4 Å². The Kier molecular flexibility index (Phi) is 6.93. The second-order valence-corrected chi connectivity index (χ2v) is 8.43. The number of halogens is 2. The average Bonchev–Trinajstić information content (AvgIpc) is 3.07. The molecule has 3 rings (SSSR count). The number of benzene rings is 2. The number of hydrogen-bond acceptors (Lipinski definition) is 4. The highest BCUT2D eigenvalue weighted by Crippen LogP contribution is 2.29. The van der Waals surface area contributed by atoms with Crippen molar-refractivity contribution in [3.63, 3.8) is 0 Å². The van der Waals surface area contributed by atoms with E-state index in [2.05, 4.69) is 31.1 Å². The number of carboxylic acids is 1. The van der Waals surface area contributed by atoms with E-state index in [0.717, 1.165) is 23.5 Å². The number of carboxylic acid groups (broad SMARTS) is 1. The predicted molar refractivity (Wildman–Crippen MR) is 117 cm³/mol. The molecule has 0 bridgehead atoms. The Balaban J connectivity index is 1.71. The summed E-state index contributed by atoms with van der Waals surface area (Å²) in [5, 5.41) is 15.4. The van der Waals surface area contributed by atoms with E-state index in [9.17, 15) is 13.6 Å². The number of anilines is 1. The van der Waals surface area contributed by atoms with Crippen molar-refractivity contribution in [2.24, 2.45) is 11.0 Å². The van der Waals surface area contributed by atoms with Crippen molar-refractivity contribution in [1.29, 1.82) is 0 Å². The van der Waals surface area contributed by atoms with Gasteiger partial charge in [0.05, 0.1) is 17.6 Å². The maximum atomic E-state index is 14.5. The molecule has 0 saturated heterocycles. The van der Waals surface area contributed by atoms with Gasteiger partial charge in [-0.25, -0.2) is 8.78 Å². The van der Waals surface area contributed by atoms with Crippen LogP contribution in [0, 0.1) is 17.6 Å². The van der Waals surface area contributed by atoms with Gasteiger partial charge in [-0.2, -0.15) is 5.10 Å². The van der Waals surface area contributed by atoms with E-state index < -0.39 is 29.3 Å². The van der Waals surface area contributed by atoms with E-state index in [1.54, 1.807) is 0 Å². The summed E-state index contributed by atoms with van der Waals surface area (Å²) in [6, 6.07) is 10.2. The lowest BCUT2D eigenvalue weighted by molar-refractivity contribution is -0.141. The summed E-state index contributed by atoms with van der Waals surface area (Å²) in [5.41, 5.74) is 3.32. The van der Waals surface area contributed by atoms with Gasteiger partial charge < -0.3 is 9.84 Å². The molecule has 2 aromatic rings. The van der Waals surface area contributed by atoms with Crippen molar-refractivity contribution in [2.45, 2.75) is 52.5 Å². The molecule has 1 heterocycles. The van der Waals surface area contributed by atoms with Crippen LogP contribution in [-0.2, 0) is 11.2 Å². The highest BCUT2D eigenvalue weighted by atomic mass is 19.1. The Hall–Kier alpha value is -2.96. The van der Waals surface area contributed by atoms with E-state index in [1.807, 2.05) is 24.1 Å². The van der Waals surface area contributed by atoms with Crippen LogP contribution in [0.5, 0.6) is 5.75 Å². The van der Waals surface area contributed by atoms with Gasteiger partial charge in [-0.15, -0.1) is 0 Å². The number of hydrogen-bond donors (Lipinski definition) is 1. The molecule has 0 aromatic heterocycles. The smallest absolute Gasteiger partial charge is 0.306 e. The minimum absolute atomic E-state index is 0.0409. The largest absolute Gasteiger partial charge is 0.485 e. The van der Waals surface area contributed by atoms with E-state index in [1.165, 1.54) is 12.5 Å². The van der Waals surface area contributed by atoms with Crippen LogP contribution < -0.4 is 9.75 Å². The normalized spacial score (nSPS) is 17.1. The molecular weight excluding hydrogens is 402 g/mol. The third kappa shape index (κ3) is 5.40. The summed E-state index contributed by atoms with van der Waals surface area (Å²) in [6.45, 7) is 7.72. The van der Waals surface area contributed by atoms with Crippen LogP contribution in [0.1, 0.15) is 51.2 Å². The van der Waals surface area contributed by atoms with Gasteiger partial charge in [0.1, 0.15) is 6.61 Å². The Morgan fingerprint density at radius 2 is 1.81 bits per heavy atom. The summed E-state index contributed by atoms with van der Waals surface area (Å²) in [4.78, 5) is 11.0. The Bertz CT molecular complexity index is 950. The monoisotopic (exact) mass is 430 g/mol. The number of rotatable bonds is 8. The van der Waals surface area contributed by atoms with E-state index in [0.29, 0.717) is 12.3 Å². The standard InChI is InChI=1S/C24H28F2N2O3/c1-14(2)18-5-7-19(8-6-18)28-20(10-16(4)27-28)13-31-23-21(25)11-17(12-22(23)26)9-15(3)24(29)30/h5-8,11-12,14-15,20H,9-10,13H2,1-4H3,(H,29,30). The van der Waals surface area contributed by atoms with Crippen molar-refractivity contribution in [1.82, 2.24) is 0 Å². The topological polar surface area (TPSA) is 62.1 Å². The Morgan fingerprint density at radius 1 is 1.19 bits per heavy atom. The summed E-state index contributed by atoms with van der Waals surface area (Å²) in [6.07, 6.45) is 0.669. The van der Waals surface area contributed by atoms with Crippen molar-refractivity contribution in [3.05, 3.63) is 59.2 Å². The van der Waals surface area contributed by atoms with Crippen LogP contribution in [-0.4, -0.2) is 29.4 Å². The molecule has 0 fully saturated rings. The summed E-state index contributed by atoms with van der Waals surface area (Å²) in [5.74, 6) is -3.46. The zero-order valence-corrected chi connectivity index (χ0v) is 18.2. The average molecular weight is 430 g/mol. The second kappa shape index (κ2) is 9.45. The molecule has 5 nitrogen and oxygen atoms in total. The highest BCUT2D eigenvalue weighted by Gasteiger charge is 2.27. The van der Waals surface area contributed by atoms with Gasteiger partial charge in [-0.3, -0.25) is 9.80 Å². The summed E-state index contributed by atoms with van der Waals surface area (Å²) >= 11 is 0. The SMILES string of the molecule is CC1=NN(c2ccc(C(C)C)cc2)C(COc2c(F)cc(CC(C)C(=O)O)cc2F)C1. The van der Waals surface area contributed by atoms with Crippen LogP contribution in [0.3, 0.4) is 0 Å². The third-order valence-corrected chi connectivity index (χ3v) is 5.42. The maximum Gasteiger partial charge on any atom is 0.306 e. The van der Waals surface area contributed by atoms with Crippen LogP contribution in [0.15, 0.2) is 41.5 Å². The van der Waals surface area contributed by atoms with Crippen LogP contribution >= 0.6 is 0 Å². The molecular formula is C24H28F2N2O3. The van der Waals surface area contributed by atoms with Crippen LogP contribution in [0.25, 0.3) is 0 Å². The summed E-state index contributed by atoms with van der Waals surface area (Å²) < 4.78 is 34.5. The Morgan fingerprint density at radius 3 is 2.35 bits per heavy atom. The fourth-order valence-electron chi connectivity index (χ4n) is 3.63. The minimum Gasteiger partial charge on any atom is -0.485 e. The first-order valence-electron chi connectivity index (χ1n) is 10.4. The molecule has 1 aliphatic heterocycles. The first kappa shape index (κ1) is 22.7. The molecule has 0 radical (unpaired) electrons. The van der Waals surface area contributed by atoms with Crippen LogP contribution in [0.4, 0.5) is 14.5 Å². The fourth-order valence-corrected chi connectivity index (χ4v) is 3.63. The molecule has 31 heavy (non-hydrogen) atoms. The molecule has 2 unspecified atom stereocenters. The molecule has 1 aliphatic rings.